The standard InChI is InChI=1S/C17H21N3O3/c1-3-18-17(22)20-10-8-19(9-11-20)16(21)15-12(2)13-6-4-5-7-14(13)23-15/h4-7H,3,8-11H2,1-2H3,(H,18,22). The summed E-state index contributed by atoms with van der Waals surface area (Å²) < 4.78 is 5.74. The second-order valence-corrected chi connectivity index (χ2v) is 5.67. The van der Waals surface area contributed by atoms with E-state index in [-0.39, 0.29) is 11.9 Å². The number of aryl methyl sites for hydroxylation is 1. The first-order valence-electron chi connectivity index (χ1n) is 7.92. The average Bonchev–Trinajstić information content (AvgIpc) is 2.92. The number of carbonyl (C=O) groups is 2. The molecular formula is C17H21N3O3. The second kappa shape index (κ2) is 6.32. The van der Waals surface area contributed by atoms with Crippen molar-refractivity contribution < 1.29 is 14.0 Å². The van der Waals surface area contributed by atoms with Gasteiger partial charge in [-0.2, -0.15) is 0 Å². The van der Waals surface area contributed by atoms with E-state index in [0.717, 1.165) is 16.5 Å². The Morgan fingerprint density at radius 3 is 2.43 bits per heavy atom. The number of rotatable bonds is 2. The molecule has 6 nitrogen and oxygen atoms in total. The molecular weight excluding hydrogens is 294 g/mol. The number of benzene rings is 1. The Balaban J connectivity index is 1.72. The van der Waals surface area contributed by atoms with Crippen molar-refractivity contribution >= 4 is 22.9 Å². The smallest absolute Gasteiger partial charge is 0.317 e. The number of piperazine rings is 1. The summed E-state index contributed by atoms with van der Waals surface area (Å²) >= 11 is 0. The topological polar surface area (TPSA) is 65.8 Å². The Morgan fingerprint density at radius 2 is 1.78 bits per heavy atom. The molecule has 3 amide bonds. The highest BCUT2D eigenvalue weighted by molar-refractivity contribution is 5.99. The molecule has 1 saturated heterocycles. The van der Waals surface area contributed by atoms with Crippen molar-refractivity contribution in [1.29, 1.82) is 0 Å². The summed E-state index contributed by atoms with van der Waals surface area (Å²) in [4.78, 5) is 28.0. The molecule has 1 fully saturated rings. The molecule has 0 atom stereocenters. The van der Waals surface area contributed by atoms with Gasteiger partial charge in [-0.05, 0) is 19.9 Å². The quantitative estimate of drug-likeness (QED) is 0.924. The molecule has 0 radical (unpaired) electrons. The minimum absolute atomic E-state index is 0.0699. The normalized spacial score (nSPS) is 15.0. The maximum Gasteiger partial charge on any atom is 0.317 e. The zero-order valence-corrected chi connectivity index (χ0v) is 13.5. The van der Waals surface area contributed by atoms with Crippen LogP contribution in [0.5, 0.6) is 0 Å². The summed E-state index contributed by atoms with van der Waals surface area (Å²) in [6.07, 6.45) is 0. The highest BCUT2D eigenvalue weighted by Gasteiger charge is 2.27. The number of fused-ring (bicyclic) bond motifs is 1. The first-order chi connectivity index (χ1) is 11.1. The second-order valence-electron chi connectivity index (χ2n) is 5.67. The number of furan rings is 1. The number of carbonyl (C=O) groups excluding carboxylic acids is 2. The lowest BCUT2D eigenvalue weighted by Gasteiger charge is -2.34. The largest absolute Gasteiger partial charge is 0.451 e. The Labute approximate surface area is 135 Å². The van der Waals surface area contributed by atoms with Gasteiger partial charge in [-0.1, -0.05) is 18.2 Å². The molecule has 122 valence electrons. The SMILES string of the molecule is CCNC(=O)N1CCN(C(=O)c2oc3ccccc3c2C)CC1. The van der Waals surface area contributed by atoms with Gasteiger partial charge in [0.2, 0.25) is 0 Å². The monoisotopic (exact) mass is 315 g/mol. The van der Waals surface area contributed by atoms with Gasteiger partial charge in [0.25, 0.3) is 5.91 Å². The van der Waals surface area contributed by atoms with Crippen molar-refractivity contribution in [2.75, 3.05) is 32.7 Å². The van der Waals surface area contributed by atoms with Crippen LogP contribution < -0.4 is 5.32 Å². The van der Waals surface area contributed by atoms with Gasteiger partial charge in [0.1, 0.15) is 5.58 Å². The molecule has 3 rings (SSSR count). The maximum absolute atomic E-state index is 12.7. The Morgan fingerprint density at radius 1 is 1.13 bits per heavy atom. The number of nitrogens with zero attached hydrogens (tertiary/aromatic N) is 2. The third-order valence-corrected chi connectivity index (χ3v) is 4.22. The number of amides is 3. The molecule has 2 aromatic rings. The molecule has 1 aromatic carbocycles. The van der Waals surface area contributed by atoms with Crippen molar-refractivity contribution in [3.8, 4) is 0 Å². The number of para-hydroxylation sites is 1. The number of hydrogen-bond acceptors (Lipinski definition) is 3. The van der Waals surface area contributed by atoms with Crippen LogP contribution in [0.4, 0.5) is 4.79 Å². The first-order valence-corrected chi connectivity index (χ1v) is 7.92. The van der Waals surface area contributed by atoms with Crippen molar-refractivity contribution in [2.24, 2.45) is 0 Å². The summed E-state index contributed by atoms with van der Waals surface area (Å²) in [5.41, 5.74) is 1.60. The molecule has 0 unspecified atom stereocenters. The highest BCUT2D eigenvalue weighted by Crippen LogP contribution is 2.26. The molecule has 0 bridgehead atoms. The molecule has 0 saturated carbocycles. The Hall–Kier alpha value is -2.50. The van der Waals surface area contributed by atoms with Gasteiger partial charge in [0, 0.05) is 43.7 Å². The van der Waals surface area contributed by atoms with Gasteiger partial charge < -0.3 is 19.5 Å². The van der Waals surface area contributed by atoms with Crippen LogP contribution in [0.3, 0.4) is 0 Å². The van der Waals surface area contributed by atoms with Crippen molar-refractivity contribution in [3.63, 3.8) is 0 Å². The van der Waals surface area contributed by atoms with Gasteiger partial charge in [-0.15, -0.1) is 0 Å². The summed E-state index contributed by atoms with van der Waals surface area (Å²) in [7, 11) is 0. The molecule has 1 aliphatic heterocycles. The lowest BCUT2D eigenvalue weighted by Crippen LogP contribution is -2.53. The fraction of sp³-hybridized carbons (Fsp3) is 0.412. The van der Waals surface area contributed by atoms with Crippen molar-refractivity contribution in [3.05, 3.63) is 35.6 Å². The maximum atomic E-state index is 12.7. The lowest BCUT2D eigenvalue weighted by molar-refractivity contribution is 0.0635. The predicted molar refractivity (Wildman–Crippen MR) is 87.5 cm³/mol. The van der Waals surface area contributed by atoms with E-state index in [1.54, 1.807) is 9.80 Å². The van der Waals surface area contributed by atoms with Crippen LogP contribution >= 0.6 is 0 Å². The van der Waals surface area contributed by atoms with Gasteiger partial charge in [0.05, 0.1) is 0 Å². The molecule has 0 aliphatic carbocycles. The molecule has 1 N–H and O–H groups in total. The lowest BCUT2D eigenvalue weighted by atomic mass is 10.1. The summed E-state index contributed by atoms with van der Waals surface area (Å²) in [6.45, 7) is 6.52. The zero-order valence-electron chi connectivity index (χ0n) is 13.5. The van der Waals surface area contributed by atoms with Crippen molar-refractivity contribution in [1.82, 2.24) is 15.1 Å². The van der Waals surface area contributed by atoms with Crippen molar-refractivity contribution in [2.45, 2.75) is 13.8 Å². The molecule has 0 spiro atoms. The van der Waals surface area contributed by atoms with Crippen LogP contribution in [0, 0.1) is 6.92 Å². The molecule has 23 heavy (non-hydrogen) atoms. The van der Waals surface area contributed by atoms with Gasteiger partial charge in [-0.3, -0.25) is 4.79 Å². The first kappa shape index (κ1) is 15.4. The number of urea groups is 1. The number of hydrogen-bond donors (Lipinski definition) is 1. The van der Waals surface area contributed by atoms with Crippen LogP contribution in [0.1, 0.15) is 23.0 Å². The van der Waals surface area contributed by atoms with Gasteiger partial charge >= 0.3 is 6.03 Å². The molecule has 1 aliphatic rings. The Kier molecular flexibility index (Phi) is 4.23. The summed E-state index contributed by atoms with van der Waals surface area (Å²) in [6, 6.07) is 7.58. The van der Waals surface area contributed by atoms with Crippen LogP contribution in [-0.2, 0) is 0 Å². The highest BCUT2D eigenvalue weighted by atomic mass is 16.3. The minimum Gasteiger partial charge on any atom is -0.451 e. The molecule has 1 aromatic heterocycles. The van der Waals surface area contributed by atoms with E-state index in [0.29, 0.717) is 38.5 Å². The number of nitrogens with one attached hydrogen (secondary N) is 1. The van der Waals surface area contributed by atoms with Gasteiger partial charge in [0.15, 0.2) is 5.76 Å². The third kappa shape index (κ3) is 2.88. The average molecular weight is 315 g/mol. The third-order valence-electron chi connectivity index (χ3n) is 4.22. The zero-order chi connectivity index (χ0) is 16.4. The van der Waals surface area contributed by atoms with Crippen LogP contribution in [0.15, 0.2) is 28.7 Å². The fourth-order valence-corrected chi connectivity index (χ4v) is 2.90. The van der Waals surface area contributed by atoms with E-state index in [1.165, 1.54) is 0 Å². The van der Waals surface area contributed by atoms with Crippen LogP contribution in [-0.4, -0.2) is 54.5 Å². The van der Waals surface area contributed by atoms with E-state index in [4.69, 9.17) is 4.42 Å². The van der Waals surface area contributed by atoms with E-state index in [2.05, 4.69) is 5.32 Å². The molecule has 2 heterocycles. The summed E-state index contributed by atoms with van der Waals surface area (Å²) in [5.74, 6) is 0.298. The summed E-state index contributed by atoms with van der Waals surface area (Å²) in [5, 5.41) is 3.75. The van der Waals surface area contributed by atoms with Crippen LogP contribution in [0.25, 0.3) is 11.0 Å². The predicted octanol–water partition coefficient (Wildman–Crippen LogP) is 2.23. The van der Waals surface area contributed by atoms with Crippen LogP contribution in [0.2, 0.25) is 0 Å². The van der Waals surface area contributed by atoms with E-state index < -0.39 is 0 Å². The Bertz CT molecular complexity index is 730. The molecule has 6 heteroatoms. The van der Waals surface area contributed by atoms with Gasteiger partial charge in [-0.25, -0.2) is 4.79 Å². The van der Waals surface area contributed by atoms with E-state index in [9.17, 15) is 9.59 Å². The van der Waals surface area contributed by atoms with E-state index in [1.807, 2.05) is 38.1 Å². The van der Waals surface area contributed by atoms with E-state index >= 15 is 0 Å². The fourth-order valence-electron chi connectivity index (χ4n) is 2.90. The minimum atomic E-state index is -0.103.